The highest BCUT2D eigenvalue weighted by molar-refractivity contribution is 9.10. The number of fused-ring (bicyclic) bond motifs is 1. The molecule has 1 aliphatic heterocycles. The van der Waals surface area contributed by atoms with E-state index < -0.39 is 5.92 Å². The average molecular weight is 437 g/mol. The van der Waals surface area contributed by atoms with Gasteiger partial charge in [-0.25, -0.2) is 0 Å². The molecule has 0 bridgehead atoms. The number of rotatable bonds is 3. The largest absolute Gasteiger partial charge is 0.508 e. The standard InChI is InChI=1S/C21H17BrN4O2/c1-2-26-11-17(20(25-26)12-3-5-13(22)6-4-12)19-15-8-7-14(27)9-18(15)28-21(24)16(19)10-23/h3-9,11,19,27H,2,24H2,1H3. The Morgan fingerprint density at radius 3 is 2.68 bits per heavy atom. The number of allylic oxidation sites excluding steroid dienone is 1. The van der Waals surface area contributed by atoms with Gasteiger partial charge in [-0.2, -0.15) is 10.4 Å². The Balaban J connectivity index is 1.96. The minimum atomic E-state index is -0.437. The van der Waals surface area contributed by atoms with Gasteiger partial charge in [-0.3, -0.25) is 4.68 Å². The maximum Gasteiger partial charge on any atom is 0.205 e. The summed E-state index contributed by atoms with van der Waals surface area (Å²) >= 11 is 3.46. The molecule has 7 heteroatoms. The quantitative estimate of drug-likeness (QED) is 0.639. The van der Waals surface area contributed by atoms with Crippen LogP contribution in [0.5, 0.6) is 11.5 Å². The van der Waals surface area contributed by atoms with Crippen molar-refractivity contribution in [1.82, 2.24) is 9.78 Å². The van der Waals surface area contributed by atoms with Crippen LogP contribution in [-0.4, -0.2) is 14.9 Å². The average Bonchev–Trinajstić information content (AvgIpc) is 3.11. The fourth-order valence-corrected chi connectivity index (χ4v) is 3.67. The van der Waals surface area contributed by atoms with Crippen LogP contribution in [0.25, 0.3) is 11.3 Å². The number of benzene rings is 2. The molecule has 0 saturated carbocycles. The van der Waals surface area contributed by atoms with Crippen molar-refractivity contribution in [3.63, 3.8) is 0 Å². The van der Waals surface area contributed by atoms with Gasteiger partial charge in [-0.1, -0.05) is 34.1 Å². The lowest BCUT2D eigenvalue weighted by atomic mass is 9.83. The van der Waals surface area contributed by atoms with E-state index in [1.54, 1.807) is 12.1 Å². The van der Waals surface area contributed by atoms with Crippen molar-refractivity contribution in [3.8, 4) is 28.8 Å². The van der Waals surface area contributed by atoms with Crippen LogP contribution in [0.4, 0.5) is 0 Å². The Kier molecular flexibility index (Phi) is 4.57. The Morgan fingerprint density at radius 1 is 1.25 bits per heavy atom. The smallest absolute Gasteiger partial charge is 0.205 e. The Hall–Kier alpha value is -3.24. The van der Waals surface area contributed by atoms with Gasteiger partial charge in [0.05, 0.1) is 11.6 Å². The van der Waals surface area contributed by atoms with Crippen molar-refractivity contribution >= 4 is 15.9 Å². The minimum Gasteiger partial charge on any atom is -0.508 e. The van der Waals surface area contributed by atoms with Gasteiger partial charge in [0, 0.05) is 40.0 Å². The molecule has 1 unspecified atom stereocenters. The molecule has 3 N–H and O–H groups in total. The zero-order valence-electron chi connectivity index (χ0n) is 15.1. The van der Waals surface area contributed by atoms with E-state index in [1.165, 1.54) is 6.07 Å². The highest BCUT2D eigenvalue weighted by atomic mass is 79.9. The van der Waals surface area contributed by atoms with E-state index in [0.717, 1.165) is 26.9 Å². The van der Waals surface area contributed by atoms with Gasteiger partial charge in [0.25, 0.3) is 0 Å². The molecule has 3 aromatic rings. The zero-order chi connectivity index (χ0) is 19.8. The fraction of sp³-hybridized carbons (Fsp3) is 0.143. The van der Waals surface area contributed by atoms with Gasteiger partial charge in [0.2, 0.25) is 5.88 Å². The summed E-state index contributed by atoms with van der Waals surface area (Å²) in [6.45, 7) is 2.70. The van der Waals surface area contributed by atoms with Gasteiger partial charge >= 0.3 is 0 Å². The summed E-state index contributed by atoms with van der Waals surface area (Å²) in [4.78, 5) is 0. The first-order valence-electron chi connectivity index (χ1n) is 8.75. The molecule has 1 atom stereocenters. The van der Waals surface area contributed by atoms with Crippen LogP contribution < -0.4 is 10.5 Å². The van der Waals surface area contributed by atoms with Crippen molar-refractivity contribution in [2.75, 3.05) is 0 Å². The molecule has 0 aliphatic carbocycles. The Labute approximate surface area is 170 Å². The normalized spacial score (nSPS) is 15.7. The van der Waals surface area contributed by atoms with E-state index in [2.05, 4.69) is 22.0 Å². The maximum absolute atomic E-state index is 9.83. The molecule has 0 fully saturated rings. The van der Waals surface area contributed by atoms with Crippen LogP contribution in [0.1, 0.15) is 24.0 Å². The summed E-state index contributed by atoms with van der Waals surface area (Å²) in [5.41, 5.74) is 9.71. The second kappa shape index (κ2) is 7.06. The van der Waals surface area contributed by atoms with E-state index in [4.69, 9.17) is 15.6 Å². The number of aromatic hydroxyl groups is 1. The van der Waals surface area contributed by atoms with Gasteiger partial charge in [-0.15, -0.1) is 0 Å². The van der Waals surface area contributed by atoms with E-state index >= 15 is 0 Å². The van der Waals surface area contributed by atoms with Gasteiger partial charge in [-0.05, 0) is 25.1 Å². The molecule has 0 amide bonds. The predicted octanol–water partition coefficient (Wildman–Crippen LogP) is 4.26. The number of nitrogens with two attached hydrogens (primary N) is 1. The summed E-state index contributed by atoms with van der Waals surface area (Å²) in [7, 11) is 0. The van der Waals surface area contributed by atoms with Gasteiger partial charge in [0.1, 0.15) is 23.1 Å². The Morgan fingerprint density at radius 2 is 2.00 bits per heavy atom. The number of hydrogen-bond acceptors (Lipinski definition) is 5. The number of phenolic OH excluding ortho intramolecular Hbond substituents is 1. The van der Waals surface area contributed by atoms with E-state index in [1.807, 2.05) is 42.1 Å². The summed E-state index contributed by atoms with van der Waals surface area (Å²) in [5, 5.41) is 24.3. The third-order valence-corrected chi connectivity index (χ3v) is 5.27. The molecule has 2 aromatic carbocycles. The lowest BCUT2D eigenvalue weighted by Crippen LogP contribution is -2.21. The van der Waals surface area contributed by atoms with Gasteiger partial charge in [0.15, 0.2) is 0 Å². The number of halogens is 1. The monoisotopic (exact) mass is 436 g/mol. The molecule has 1 aliphatic rings. The lowest BCUT2D eigenvalue weighted by Gasteiger charge is -2.26. The van der Waals surface area contributed by atoms with Crippen molar-refractivity contribution in [1.29, 1.82) is 5.26 Å². The number of aryl methyl sites for hydroxylation is 1. The summed E-state index contributed by atoms with van der Waals surface area (Å²) in [6.07, 6.45) is 1.94. The first-order chi connectivity index (χ1) is 13.5. The van der Waals surface area contributed by atoms with Crippen LogP contribution in [0.2, 0.25) is 0 Å². The molecule has 4 rings (SSSR count). The minimum absolute atomic E-state index is 0.0385. The number of nitrogens with zero attached hydrogens (tertiary/aromatic N) is 3. The number of hydrogen-bond donors (Lipinski definition) is 2. The second-order valence-corrected chi connectivity index (χ2v) is 7.36. The molecular formula is C21H17BrN4O2. The SMILES string of the molecule is CCn1cc(C2C(C#N)=C(N)Oc3cc(O)ccc32)c(-c2ccc(Br)cc2)n1. The number of ether oxygens (including phenoxy) is 1. The summed E-state index contributed by atoms with van der Waals surface area (Å²) in [5.74, 6) is 0.112. The highest BCUT2D eigenvalue weighted by Gasteiger charge is 2.34. The van der Waals surface area contributed by atoms with Crippen LogP contribution in [0.3, 0.4) is 0 Å². The van der Waals surface area contributed by atoms with Gasteiger partial charge < -0.3 is 15.6 Å². The molecule has 0 saturated heterocycles. The molecule has 0 spiro atoms. The third kappa shape index (κ3) is 3.02. The van der Waals surface area contributed by atoms with Crippen molar-refractivity contribution in [2.45, 2.75) is 19.4 Å². The molecule has 28 heavy (non-hydrogen) atoms. The van der Waals surface area contributed by atoms with E-state index in [9.17, 15) is 10.4 Å². The van der Waals surface area contributed by atoms with E-state index in [0.29, 0.717) is 17.9 Å². The molecule has 6 nitrogen and oxygen atoms in total. The maximum atomic E-state index is 9.83. The van der Waals surface area contributed by atoms with Crippen molar-refractivity contribution < 1.29 is 9.84 Å². The number of phenols is 1. The molecule has 1 aromatic heterocycles. The first kappa shape index (κ1) is 18.1. The van der Waals surface area contributed by atoms with Crippen LogP contribution in [0, 0.1) is 11.3 Å². The molecular weight excluding hydrogens is 420 g/mol. The van der Waals surface area contributed by atoms with Crippen LogP contribution >= 0.6 is 15.9 Å². The van der Waals surface area contributed by atoms with E-state index in [-0.39, 0.29) is 11.6 Å². The van der Waals surface area contributed by atoms with Crippen LogP contribution in [0.15, 0.2) is 64.6 Å². The number of aromatic nitrogens is 2. The first-order valence-corrected chi connectivity index (χ1v) is 9.55. The topological polar surface area (TPSA) is 97.1 Å². The second-order valence-electron chi connectivity index (χ2n) is 6.44. The van der Waals surface area contributed by atoms with Crippen LogP contribution in [-0.2, 0) is 6.54 Å². The van der Waals surface area contributed by atoms with Crippen molar-refractivity contribution in [2.24, 2.45) is 5.73 Å². The lowest BCUT2D eigenvalue weighted by molar-refractivity contribution is 0.388. The zero-order valence-corrected chi connectivity index (χ0v) is 16.6. The van der Waals surface area contributed by atoms with Crippen molar-refractivity contribution in [3.05, 3.63) is 75.7 Å². The highest BCUT2D eigenvalue weighted by Crippen LogP contribution is 2.45. The third-order valence-electron chi connectivity index (χ3n) is 4.75. The number of nitriles is 1. The molecule has 2 heterocycles. The predicted molar refractivity (Wildman–Crippen MR) is 108 cm³/mol. The fourth-order valence-electron chi connectivity index (χ4n) is 3.41. The molecule has 0 radical (unpaired) electrons. The summed E-state index contributed by atoms with van der Waals surface area (Å²) in [6, 6.07) is 14.9. The summed E-state index contributed by atoms with van der Waals surface area (Å²) < 4.78 is 8.42. The Bertz CT molecular complexity index is 1130. The molecule has 140 valence electrons.